The van der Waals surface area contributed by atoms with Gasteiger partial charge in [0, 0.05) is 35.2 Å². The Bertz CT molecular complexity index is 433. The molecule has 1 aromatic rings. The zero-order valence-electron chi connectivity index (χ0n) is 10.3. The molecular weight excluding hydrogens is 296 g/mol. The van der Waals surface area contributed by atoms with Gasteiger partial charge in [-0.1, -0.05) is 15.9 Å². The first-order valence-electron chi connectivity index (χ1n) is 6.05. The third-order valence-electron chi connectivity index (χ3n) is 2.75. The molecule has 1 fully saturated rings. The van der Waals surface area contributed by atoms with Gasteiger partial charge in [0.05, 0.1) is 7.11 Å². The van der Waals surface area contributed by atoms with Crippen LogP contribution in [0.5, 0.6) is 5.75 Å². The van der Waals surface area contributed by atoms with Gasteiger partial charge < -0.3 is 15.4 Å². The second-order valence-electron chi connectivity index (χ2n) is 4.41. The number of hydrogen-bond acceptors (Lipinski definition) is 3. The summed E-state index contributed by atoms with van der Waals surface area (Å²) in [5.41, 5.74) is 0.748. The molecule has 0 saturated heterocycles. The summed E-state index contributed by atoms with van der Waals surface area (Å²) in [6, 6.07) is 6.15. The molecule has 18 heavy (non-hydrogen) atoms. The second kappa shape index (κ2) is 6.20. The van der Waals surface area contributed by atoms with E-state index >= 15 is 0 Å². The fraction of sp³-hybridized carbons (Fsp3) is 0.462. The number of ether oxygens (including phenoxy) is 1. The van der Waals surface area contributed by atoms with Crippen LogP contribution in [0.3, 0.4) is 0 Å². The van der Waals surface area contributed by atoms with E-state index in [1.54, 1.807) is 13.2 Å². The van der Waals surface area contributed by atoms with Crippen LogP contribution in [0.25, 0.3) is 0 Å². The van der Waals surface area contributed by atoms with Crippen LogP contribution in [0.2, 0.25) is 0 Å². The molecule has 0 aromatic heterocycles. The lowest BCUT2D eigenvalue weighted by Gasteiger charge is -2.08. The van der Waals surface area contributed by atoms with E-state index in [1.807, 2.05) is 12.1 Å². The molecular formula is C13H17BrN2O2. The summed E-state index contributed by atoms with van der Waals surface area (Å²) in [6.07, 6.45) is 2.97. The molecule has 1 aromatic carbocycles. The van der Waals surface area contributed by atoms with Gasteiger partial charge in [-0.3, -0.25) is 4.79 Å². The van der Waals surface area contributed by atoms with E-state index in [0.717, 1.165) is 22.5 Å². The van der Waals surface area contributed by atoms with Crippen LogP contribution in [0.15, 0.2) is 22.7 Å². The molecule has 1 amide bonds. The summed E-state index contributed by atoms with van der Waals surface area (Å²) in [5.74, 6) is 0.735. The topological polar surface area (TPSA) is 50.4 Å². The lowest BCUT2D eigenvalue weighted by molar-refractivity contribution is -0.116. The number of methoxy groups -OCH3 is 1. The Hall–Kier alpha value is -1.07. The van der Waals surface area contributed by atoms with Crippen LogP contribution in [0.1, 0.15) is 19.3 Å². The van der Waals surface area contributed by atoms with Crippen LogP contribution < -0.4 is 15.4 Å². The first-order valence-corrected chi connectivity index (χ1v) is 6.84. The van der Waals surface area contributed by atoms with Gasteiger partial charge in [0.1, 0.15) is 5.75 Å². The van der Waals surface area contributed by atoms with Crippen LogP contribution >= 0.6 is 15.9 Å². The third-order valence-corrected chi connectivity index (χ3v) is 3.21. The average molecular weight is 313 g/mol. The van der Waals surface area contributed by atoms with Crippen molar-refractivity contribution in [2.45, 2.75) is 25.3 Å². The van der Waals surface area contributed by atoms with Crippen molar-refractivity contribution < 1.29 is 9.53 Å². The van der Waals surface area contributed by atoms with Crippen LogP contribution in [0.4, 0.5) is 5.69 Å². The molecule has 2 N–H and O–H groups in total. The van der Waals surface area contributed by atoms with E-state index < -0.39 is 0 Å². The molecule has 0 atom stereocenters. The number of anilines is 1. The lowest BCUT2D eigenvalue weighted by Crippen LogP contribution is -2.23. The zero-order valence-corrected chi connectivity index (χ0v) is 11.9. The minimum atomic E-state index is 0.0169. The van der Waals surface area contributed by atoms with Gasteiger partial charge in [0.25, 0.3) is 0 Å². The Morgan fingerprint density at radius 1 is 1.44 bits per heavy atom. The van der Waals surface area contributed by atoms with Crippen molar-refractivity contribution in [3.8, 4) is 5.75 Å². The van der Waals surface area contributed by atoms with E-state index in [9.17, 15) is 4.79 Å². The summed E-state index contributed by atoms with van der Waals surface area (Å²) in [5, 5.41) is 6.18. The maximum absolute atomic E-state index is 11.7. The Morgan fingerprint density at radius 2 is 2.22 bits per heavy atom. The fourth-order valence-electron chi connectivity index (χ4n) is 1.65. The first kappa shape index (κ1) is 13.4. The molecule has 0 unspecified atom stereocenters. The average Bonchev–Trinajstić information content (AvgIpc) is 3.12. The van der Waals surface area contributed by atoms with E-state index in [4.69, 9.17) is 4.74 Å². The van der Waals surface area contributed by atoms with Crippen LogP contribution in [0, 0.1) is 0 Å². The molecule has 0 bridgehead atoms. The van der Waals surface area contributed by atoms with Gasteiger partial charge in [0.15, 0.2) is 0 Å². The molecule has 0 radical (unpaired) electrons. The standard InChI is InChI=1S/C13H17BrN2O2/c1-18-12-7-9(14)6-11(8-12)16-13(17)4-5-15-10-2-3-10/h6-8,10,15H,2-5H2,1H3,(H,16,17). The highest BCUT2D eigenvalue weighted by Crippen LogP contribution is 2.24. The second-order valence-corrected chi connectivity index (χ2v) is 5.32. The minimum absolute atomic E-state index is 0.0169. The van der Waals surface area contributed by atoms with Crippen molar-refractivity contribution in [1.29, 1.82) is 0 Å². The molecule has 1 aliphatic rings. The van der Waals surface area contributed by atoms with E-state index in [1.165, 1.54) is 12.8 Å². The van der Waals surface area contributed by atoms with Crippen LogP contribution in [-0.2, 0) is 4.79 Å². The van der Waals surface area contributed by atoms with Crippen molar-refractivity contribution in [3.05, 3.63) is 22.7 Å². The van der Waals surface area contributed by atoms with Crippen molar-refractivity contribution in [3.63, 3.8) is 0 Å². The zero-order chi connectivity index (χ0) is 13.0. The van der Waals surface area contributed by atoms with Gasteiger partial charge >= 0.3 is 0 Å². The molecule has 0 aliphatic heterocycles. The number of benzene rings is 1. The number of hydrogen-bond donors (Lipinski definition) is 2. The largest absolute Gasteiger partial charge is 0.497 e. The highest BCUT2D eigenvalue weighted by molar-refractivity contribution is 9.10. The Labute approximate surface area is 115 Å². The van der Waals surface area contributed by atoms with E-state index in [-0.39, 0.29) is 5.91 Å². The van der Waals surface area contributed by atoms with Gasteiger partial charge in [0.2, 0.25) is 5.91 Å². The normalized spacial score (nSPS) is 14.3. The van der Waals surface area contributed by atoms with E-state index in [0.29, 0.717) is 12.5 Å². The number of nitrogens with one attached hydrogen (secondary N) is 2. The summed E-state index contributed by atoms with van der Waals surface area (Å²) in [6.45, 7) is 0.738. The molecule has 1 aliphatic carbocycles. The molecule has 4 nitrogen and oxygen atoms in total. The monoisotopic (exact) mass is 312 g/mol. The Kier molecular flexibility index (Phi) is 4.60. The van der Waals surface area contributed by atoms with Crippen LogP contribution in [-0.4, -0.2) is 25.6 Å². The smallest absolute Gasteiger partial charge is 0.225 e. The molecule has 98 valence electrons. The van der Waals surface area contributed by atoms with Gasteiger partial charge in [-0.25, -0.2) is 0 Å². The first-order chi connectivity index (χ1) is 8.67. The molecule has 1 saturated carbocycles. The van der Waals surface area contributed by atoms with Crippen molar-refractivity contribution in [2.24, 2.45) is 0 Å². The lowest BCUT2D eigenvalue weighted by atomic mass is 10.3. The predicted molar refractivity (Wildman–Crippen MR) is 75.0 cm³/mol. The predicted octanol–water partition coefficient (Wildman–Crippen LogP) is 2.54. The molecule has 0 heterocycles. The van der Waals surface area contributed by atoms with Gasteiger partial charge in [-0.15, -0.1) is 0 Å². The van der Waals surface area contributed by atoms with Gasteiger partial charge in [-0.2, -0.15) is 0 Å². The Balaban J connectivity index is 1.83. The molecule has 2 rings (SSSR count). The third kappa shape index (κ3) is 4.31. The van der Waals surface area contributed by atoms with Crippen molar-refractivity contribution >= 4 is 27.5 Å². The summed E-state index contributed by atoms with van der Waals surface area (Å²) in [7, 11) is 1.60. The quantitative estimate of drug-likeness (QED) is 0.848. The molecule has 5 heteroatoms. The van der Waals surface area contributed by atoms with Crippen molar-refractivity contribution in [1.82, 2.24) is 5.32 Å². The highest BCUT2D eigenvalue weighted by Gasteiger charge is 2.20. The fourth-order valence-corrected chi connectivity index (χ4v) is 2.13. The number of amides is 1. The summed E-state index contributed by atoms with van der Waals surface area (Å²) >= 11 is 3.38. The summed E-state index contributed by atoms with van der Waals surface area (Å²) in [4.78, 5) is 11.7. The minimum Gasteiger partial charge on any atom is -0.497 e. The maximum Gasteiger partial charge on any atom is 0.225 e. The van der Waals surface area contributed by atoms with E-state index in [2.05, 4.69) is 26.6 Å². The SMILES string of the molecule is COc1cc(Br)cc(NC(=O)CCNC2CC2)c1. The van der Waals surface area contributed by atoms with Crippen molar-refractivity contribution in [2.75, 3.05) is 19.0 Å². The highest BCUT2D eigenvalue weighted by atomic mass is 79.9. The van der Waals surface area contributed by atoms with Gasteiger partial charge in [-0.05, 0) is 25.0 Å². The summed E-state index contributed by atoms with van der Waals surface area (Å²) < 4.78 is 6.03. The number of rotatable bonds is 6. The Morgan fingerprint density at radius 3 is 2.89 bits per heavy atom. The number of carbonyl (C=O) groups excluding carboxylic acids is 1. The molecule has 0 spiro atoms. The number of halogens is 1. The maximum atomic E-state index is 11.7. The number of carbonyl (C=O) groups is 1.